The number of carbonyl (C=O) groups is 10. The number of rotatable bonds is 22. The average molecular weight is 1490 g/mol. The maximum absolute atomic E-state index is 12.9. The first-order chi connectivity index (χ1) is 48.9. The molecule has 2 fully saturated rings. The Morgan fingerprint density at radius 3 is 1.12 bits per heavy atom. The smallest absolute Gasteiger partial charge is 0.338 e. The van der Waals surface area contributed by atoms with Crippen molar-refractivity contribution >= 4 is 101 Å². The van der Waals surface area contributed by atoms with E-state index in [4.69, 9.17) is 36.9 Å². The molecule has 10 rings (SSSR count). The maximum Gasteiger partial charge on any atom is 0.338 e. The number of benzene rings is 4. The second kappa shape index (κ2) is 46.8. The van der Waals surface area contributed by atoms with Gasteiger partial charge in [-0.05, 0) is 125 Å². The van der Waals surface area contributed by atoms with Crippen LogP contribution in [-0.4, -0.2) is 188 Å². The summed E-state index contributed by atoms with van der Waals surface area (Å²) in [4.78, 5) is 115. The van der Waals surface area contributed by atoms with Gasteiger partial charge in [0.2, 0.25) is 15.1 Å². The van der Waals surface area contributed by atoms with Gasteiger partial charge in [-0.25, -0.2) is 32.5 Å². The predicted molar refractivity (Wildman–Crippen MR) is 378 cm³/mol. The van der Waals surface area contributed by atoms with E-state index < -0.39 is 80.2 Å². The number of esters is 3. The van der Waals surface area contributed by atoms with Gasteiger partial charge >= 0.3 is 35.8 Å². The third-order valence-electron chi connectivity index (χ3n) is 14.4. The van der Waals surface area contributed by atoms with Crippen molar-refractivity contribution in [1.82, 2.24) is 60.0 Å². The molecule has 6 heterocycles. The standard InChI is InChI=1S/C21H26N4O4.C16H17N3O5.C10H7ClN2O.C10H8N2O2.C6H11NO4.C5H11N.Cl2OS/c1-29-19(26)11-10-18(21(28)24-12-6-3-7-13-24)23-20(27)16-14-22-25(15-16)17-8-4-2-5-9-17;1-24-14(20)8-7-13(16(22)23)18-15(21)11-9-17-19(10-11)12-5-3-2-4-6-12;11-10(14)8-6-12-13(7-8)9-4-2-1-3-5-9;13-10(14)8-6-11-12(7-8)9-4-2-1-3-5-9;1-11-5(8)3-2-4(7)6(9)10;1-2-4-6-5-3-1;1-4(2)3/h2,4-5,8-9,14-15,18H,3,6-7,10-13H2,1H3,(H,23,27);2-6,9-10,13H,7-8H2,1H3,(H,18,21)(H,22,23);1-7H;1-7H,(H,13,14);4H,2-3,7H2,1H3,(H,9,10);6H,1-5H2;/t18-;13-;;;4-;;/m00..0../s1. The van der Waals surface area contributed by atoms with Crippen LogP contribution in [0, 0.1) is 0 Å². The number of methoxy groups -OCH3 is 3. The molecule has 102 heavy (non-hydrogen) atoms. The molecule has 0 radical (unpaired) electrons. The van der Waals surface area contributed by atoms with E-state index in [1.54, 1.807) is 26.7 Å². The third kappa shape index (κ3) is 31.8. The molecule has 34 heteroatoms. The fourth-order valence-corrected chi connectivity index (χ4v) is 9.08. The fraction of sp³-hybridized carbons (Fsp3) is 0.324. The number of para-hydroxylation sites is 4. The monoisotopic (exact) mass is 1490 g/mol. The lowest BCUT2D eigenvalue weighted by atomic mass is 10.1. The first kappa shape index (κ1) is 84.0. The van der Waals surface area contributed by atoms with Gasteiger partial charge in [-0.15, -0.1) is 0 Å². The SMILES string of the molecule is C1CCNCC1.COC(=O)CC[C@H](N)C(=O)O.COC(=O)CC[C@H](NC(=O)c1cnn(-c2ccccc2)c1)C(=O)N1CCCCC1.COC(=O)CC[C@H](NC(=O)c1cnn(-c2ccccc2)c1)C(=O)O.O=C(Cl)c1cnn(-c2ccccc2)c1.O=C(O)c1cnn(-c2ccccc2)c1.O=S(Cl)Cl. The minimum Gasteiger partial charge on any atom is -0.480 e. The minimum absolute atomic E-state index is 0.0456. The van der Waals surface area contributed by atoms with Gasteiger partial charge in [0.15, 0.2) is 0 Å². The van der Waals surface area contributed by atoms with Gasteiger partial charge in [0.05, 0.1) is 91.1 Å². The Morgan fingerprint density at radius 1 is 0.490 bits per heavy atom. The highest BCUT2D eigenvalue weighted by atomic mass is 36.0. The summed E-state index contributed by atoms with van der Waals surface area (Å²) >= 11 is 5.31. The highest BCUT2D eigenvalue weighted by Crippen LogP contribution is 2.16. The molecule has 0 spiro atoms. The highest BCUT2D eigenvalue weighted by molar-refractivity contribution is 8.26. The molecule has 2 saturated heterocycles. The Bertz CT molecular complexity index is 3830. The van der Waals surface area contributed by atoms with Gasteiger partial charge in [-0.3, -0.25) is 38.4 Å². The van der Waals surface area contributed by atoms with Crippen LogP contribution in [-0.2, 0) is 52.2 Å². The Labute approximate surface area is 603 Å². The molecule has 4 aromatic carbocycles. The molecule has 2 aliphatic heterocycles. The van der Waals surface area contributed by atoms with E-state index >= 15 is 0 Å². The number of likely N-dealkylation sites (tertiary alicyclic amines) is 1. The van der Waals surface area contributed by atoms with Crippen LogP contribution in [0.4, 0.5) is 0 Å². The first-order valence-electron chi connectivity index (χ1n) is 31.6. The molecule has 4 aromatic heterocycles. The van der Waals surface area contributed by atoms with E-state index in [1.165, 1.54) is 100 Å². The molecule has 0 aliphatic carbocycles. The number of aliphatic carboxylic acids is 2. The number of carboxylic acids is 3. The van der Waals surface area contributed by atoms with Crippen LogP contribution in [0.3, 0.4) is 0 Å². The normalized spacial score (nSPS) is 12.8. The highest BCUT2D eigenvalue weighted by Gasteiger charge is 2.29. The van der Waals surface area contributed by atoms with Gasteiger partial charge in [0, 0.05) is 78.5 Å². The van der Waals surface area contributed by atoms with Crippen molar-refractivity contribution in [3.8, 4) is 22.7 Å². The third-order valence-corrected chi connectivity index (χ3v) is 14.6. The van der Waals surface area contributed by atoms with E-state index in [0.29, 0.717) is 24.2 Å². The number of ether oxygens (including phenoxy) is 3. The van der Waals surface area contributed by atoms with Crippen LogP contribution < -0.4 is 21.7 Å². The van der Waals surface area contributed by atoms with Gasteiger partial charge in [-0.1, -0.05) is 79.2 Å². The molecule has 0 bridgehead atoms. The topological polar surface area (TPSA) is 413 Å². The summed E-state index contributed by atoms with van der Waals surface area (Å²) in [7, 11) is 11.1. The number of aromatic nitrogens is 8. The first-order valence-corrected chi connectivity index (χ1v) is 34.7. The second-order valence-electron chi connectivity index (χ2n) is 21.7. The summed E-state index contributed by atoms with van der Waals surface area (Å²) in [5.41, 5.74) is 9.63. The van der Waals surface area contributed by atoms with Crippen LogP contribution in [0.5, 0.6) is 0 Å². The van der Waals surface area contributed by atoms with E-state index in [-0.39, 0.29) is 55.6 Å². The molecule has 8 aromatic rings. The summed E-state index contributed by atoms with van der Waals surface area (Å²) in [6.45, 7) is 3.85. The number of amides is 3. The fourth-order valence-electron chi connectivity index (χ4n) is 8.99. The molecule has 3 amide bonds. The lowest BCUT2D eigenvalue weighted by molar-refractivity contribution is -0.143. The number of nitrogens with one attached hydrogen (secondary N) is 3. The van der Waals surface area contributed by atoms with Gasteiger partial charge in [0.1, 0.15) is 18.1 Å². The van der Waals surface area contributed by atoms with Crippen molar-refractivity contribution in [2.24, 2.45) is 5.73 Å². The van der Waals surface area contributed by atoms with E-state index in [9.17, 15) is 47.9 Å². The lowest BCUT2D eigenvalue weighted by Crippen LogP contribution is -2.50. The van der Waals surface area contributed by atoms with Gasteiger partial charge < -0.3 is 56.1 Å². The summed E-state index contributed by atoms with van der Waals surface area (Å²) in [6.07, 6.45) is 19.3. The van der Waals surface area contributed by atoms with Crippen molar-refractivity contribution < 1.29 is 81.7 Å². The molecule has 3 atom stereocenters. The molecular weight excluding hydrogens is 1410 g/mol. The molecule has 30 nitrogen and oxygen atoms in total. The van der Waals surface area contributed by atoms with Crippen LogP contribution in [0.15, 0.2) is 171 Å². The summed E-state index contributed by atoms with van der Waals surface area (Å²) in [5.74, 6) is -5.80. The van der Waals surface area contributed by atoms with Gasteiger partial charge in [-0.2, -0.15) is 20.4 Å². The molecule has 546 valence electrons. The number of carboxylic acid groups (broad SMARTS) is 3. The van der Waals surface area contributed by atoms with Crippen LogP contribution in [0.2, 0.25) is 0 Å². The maximum atomic E-state index is 12.9. The number of nitrogens with two attached hydrogens (primary N) is 1. The predicted octanol–water partition coefficient (Wildman–Crippen LogP) is 7.92. The van der Waals surface area contributed by atoms with Crippen molar-refractivity contribution in [2.45, 2.75) is 95.2 Å². The van der Waals surface area contributed by atoms with Crippen molar-refractivity contribution in [3.63, 3.8) is 0 Å². The minimum atomic E-state index is -1.67. The lowest BCUT2D eigenvalue weighted by Gasteiger charge is -2.30. The Balaban J connectivity index is 0.000000271. The number of halogens is 3. The summed E-state index contributed by atoms with van der Waals surface area (Å²) < 4.78 is 28.8. The molecule has 2 aliphatic rings. The number of nitrogens with zero attached hydrogens (tertiary/aromatic N) is 9. The zero-order valence-corrected chi connectivity index (χ0v) is 59.0. The largest absolute Gasteiger partial charge is 0.480 e. The van der Waals surface area contributed by atoms with E-state index in [0.717, 1.165) is 42.0 Å². The summed E-state index contributed by atoms with van der Waals surface area (Å²) in [5, 5.41) is 50.4. The van der Waals surface area contributed by atoms with Crippen molar-refractivity contribution in [1.29, 1.82) is 0 Å². The van der Waals surface area contributed by atoms with E-state index in [1.807, 2.05) is 121 Å². The zero-order chi connectivity index (χ0) is 74.8. The Kier molecular flexibility index (Phi) is 38.5. The van der Waals surface area contributed by atoms with Crippen molar-refractivity contribution in [2.75, 3.05) is 47.5 Å². The average Bonchev–Trinajstić information content (AvgIpc) is 1.69. The van der Waals surface area contributed by atoms with Gasteiger partial charge in [0.25, 0.3) is 17.1 Å². The molecular formula is C68H80Cl3N13O17S. The number of carbonyl (C=O) groups excluding carboxylic acids is 7. The Morgan fingerprint density at radius 2 is 0.814 bits per heavy atom. The molecule has 0 unspecified atom stereocenters. The van der Waals surface area contributed by atoms with Crippen molar-refractivity contribution in [3.05, 3.63) is 193 Å². The van der Waals surface area contributed by atoms with Crippen LogP contribution >= 0.6 is 33.0 Å². The second-order valence-corrected chi connectivity index (χ2v) is 24.5. The zero-order valence-electron chi connectivity index (χ0n) is 55.9. The molecule has 8 N–H and O–H groups in total. The number of hydrogen-bond acceptors (Lipinski definition) is 20. The quantitative estimate of drug-likeness (QED) is 0.0192. The van der Waals surface area contributed by atoms with E-state index in [2.05, 4.69) is 71.9 Å². The number of hydrogen-bond donors (Lipinski definition) is 7. The summed E-state index contributed by atoms with van der Waals surface area (Å²) in [6, 6.07) is 34.6. The number of piperidine rings is 2. The molecule has 0 saturated carbocycles. The van der Waals surface area contributed by atoms with Crippen LogP contribution in [0.25, 0.3) is 22.7 Å². The van der Waals surface area contributed by atoms with Crippen LogP contribution in [0.1, 0.15) is 118 Å². The Hall–Kier alpha value is -10.4. The number of aromatic carboxylic acids is 1.